The van der Waals surface area contributed by atoms with Crippen molar-refractivity contribution in [2.45, 2.75) is 6.04 Å². The van der Waals surface area contributed by atoms with Crippen LogP contribution in [0.5, 0.6) is 0 Å². The number of rotatable bonds is 10. The number of para-hydroxylation sites is 4. The first-order chi connectivity index (χ1) is 25.3. The fourth-order valence-electron chi connectivity index (χ4n) is 6.74. The molecule has 0 spiro atoms. The van der Waals surface area contributed by atoms with Gasteiger partial charge in [-0.25, -0.2) is 0 Å². The van der Waals surface area contributed by atoms with Gasteiger partial charge in [0.15, 0.2) is 0 Å². The molecule has 7 aromatic carbocycles. The number of allylic oxidation sites excluding steroid dienone is 1. The van der Waals surface area contributed by atoms with Crippen molar-refractivity contribution in [1.82, 2.24) is 0 Å². The summed E-state index contributed by atoms with van der Waals surface area (Å²) in [6.45, 7) is 0. The van der Waals surface area contributed by atoms with E-state index in [4.69, 9.17) is 0 Å². The molecule has 0 aliphatic heterocycles. The normalized spacial score (nSPS) is 13.6. The Morgan fingerprint density at radius 3 is 1.10 bits per heavy atom. The van der Waals surface area contributed by atoms with Gasteiger partial charge in [0.2, 0.25) is 0 Å². The van der Waals surface area contributed by atoms with E-state index < -0.39 is 0 Å². The zero-order valence-electron chi connectivity index (χ0n) is 28.3. The second-order valence-electron chi connectivity index (χ2n) is 12.4. The summed E-state index contributed by atoms with van der Waals surface area (Å²) in [7, 11) is 0. The fraction of sp³-hybridized carbons (Fsp3) is 0.0208. The van der Waals surface area contributed by atoms with E-state index in [0.717, 1.165) is 45.5 Å². The molecule has 245 valence electrons. The average molecular weight is 657 g/mol. The van der Waals surface area contributed by atoms with Gasteiger partial charge in [-0.05, 0) is 102 Å². The van der Waals surface area contributed by atoms with Crippen molar-refractivity contribution in [3.05, 3.63) is 231 Å². The molecule has 7 aromatic rings. The molecule has 3 heteroatoms. The molecule has 0 heterocycles. The van der Waals surface area contributed by atoms with Crippen LogP contribution in [0.3, 0.4) is 0 Å². The third-order valence-electron chi connectivity index (χ3n) is 9.18. The molecule has 1 atom stereocenters. The Morgan fingerprint density at radius 2 is 0.667 bits per heavy atom. The van der Waals surface area contributed by atoms with Gasteiger partial charge in [-0.3, -0.25) is 0 Å². The average Bonchev–Trinajstić information content (AvgIpc) is 3.22. The molecule has 1 radical (unpaired) electrons. The Bertz CT molecular complexity index is 2120. The first-order valence-electron chi connectivity index (χ1n) is 17.4. The molecule has 8 rings (SSSR count). The quantitative estimate of drug-likeness (QED) is 0.145. The molecule has 0 saturated carbocycles. The third-order valence-corrected chi connectivity index (χ3v) is 9.18. The summed E-state index contributed by atoms with van der Waals surface area (Å²) in [5.74, 6) is 0. The number of anilines is 7. The van der Waals surface area contributed by atoms with E-state index in [1.54, 1.807) is 0 Å². The summed E-state index contributed by atoms with van der Waals surface area (Å²) in [5.41, 5.74) is 11.3. The SMILES string of the molecule is [CH]1C=C(N(c2ccc(-c3ccccc3)cc2)c2ccc(N(c3ccccc3)c3ccccc3)cc2)C=CC1N(c1ccccc1)c1ccccc1. The van der Waals surface area contributed by atoms with E-state index in [1.807, 2.05) is 0 Å². The van der Waals surface area contributed by atoms with Crippen molar-refractivity contribution in [3.63, 3.8) is 0 Å². The van der Waals surface area contributed by atoms with Gasteiger partial charge >= 0.3 is 0 Å². The van der Waals surface area contributed by atoms with E-state index in [9.17, 15) is 0 Å². The minimum Gasteiger partial charge on any atom is -0.334 e. The molecule has 0 amide bonds. The van der Waals surface area contributed by atoms with Crippen LogP contribution in [-0.4, -0.2) is 6.04 Å². The maximum absolute atomic E-state index is 2.37. The van der Waals surface area contributed by atoms with Crippen LogP contribution in [0.1, 0.15) is 0 Å². The maximum atomic E-state index is 2.37. The van der Waals surface area contributed by atoms with Crippen molar-refractivity contribution in [2.75, 3.05) is 14.7 Å². The summed E-state index contributed by atoms with van der Waals surface area (Å²) in [6, 6.07) is 70.6. The first-order valence-corrected chi connectivity index (χ1v) is 17.4. The van der Waals surface area contributed by atoms with Crippen molar-refractivity contribution in [1.29, 1.82) is 0 Å². The van der Waals surface area contributed by atoms with E-state index >= 15 is 0 Å². The Labute approximate surface area is 301 Å². The highest BCUT2D eigenvalue weighted by atomic mass is 15.2. The van der Waals surface area contributed by atoms with Crippen molar-refractivity contribution < 1.29 is 0 Å². The van der Waals surface area contributed by atoms with Gasteiger partial charge in [0.05, 0.1) is 6.04 Å². The molecule has 0 N–H and O–H groups in total. The van der Waals surface area contributed by atoms with Crippen LogP contribution in [0.15, 0.2) is 224 Å². The summed E-state index contributed by atoms with van der Waals surface area (Å²) in [5, 5.41) is 0. The fourth-order valence-corrected chi connectivity index (χ4v) is 6.74. The summed E-state index contributed by atoms with van der Waals surface area (Å²) >= 11 is 0. The molecular formula is C48H38N3. The molecule has 1 unspecified atom stereocenters. The number of benzene rings is 7. The predicted molar refractivity (Wildman–Crippen MR) is 215 cm³/mol. The first kappa shape index (κ1) is 31.7. The Balaban J connectivity index is 1.15. The largest absolute Gasteiger partial charge is 0.334 e. The van der Waals surface area contributed by atoms with Gasteiger partial charge < -0.3 is 14.7 Å². The van der Waals surface area contributed by atoms with E-state index in [1.165, 1.54) is 11.1 Å². The van der Waals surface area contributed by atoms with Crippen LogP contribution >= 0.6 is 0 Å². The van der Waals surface area contributed by atoms with E-state index in [2.05, 4.69) is 240 Å². The number of hydrogen-bond donors (Lipinski definition) is 0. The predicted octanol–water partition coefficient (Wildman–Crippen LogP) is 12.8. The molecule has 0 bridgehead atoms. The van der Waals surface area contributed by atoms with E-state index in [-0.39, 0.29) is 6.04 Å². The number of hydrogen-bond acceptors (Lipinski definition) is 3. The lowest BCUT2D eigenvalue weighted by molar-refractivity contribution is 0.889. The van der Waals surface area contributed by atoms with Crippen LogP contribution in [0.2, 0.25) is 0 Å². The Morgan fingerprint density at radius 1 is 0.314 bits per heavy atom. The molecule has 3 nitrogen and oxygen atoms in total. The Hall–Kier alpha value is -6.58. The van der Waals surface area contributed by atoms with Crippen LogP contribution in [0.25, 0.3) is 11.1 Å². The number of nitrogens with zero attached hydrogens (tertiary/aromatic N) is 3. The molecule has 1 aliphatic carbocycles. The minimum atomic E-state index is 0.0496. The van der Waals surface area contributed by atoms with Crippen LogP contribution < -0.4 is 14.7 Å². The summed E-state index contributed by atoms with van der Waals surface area (Å²) in [4.78, 5) is 7.01. The highest BCUT2D eigenvalue weighted by molar-refractivity contribution is 5.80. The highest BCUT2D eigenvalue weighted by Gasteiger charge is 2.23. The molecule has 0 aromatic heterocycles. The lowest BCUT2D eigenvalue weighted by Crippen LogP contribution is -2.31. The lowest BCUT2D eigenvalue weighted by Gasteiger charge is -2.35. The van der Waals surface area contributed by atoms with Gasteiger partial charge in [-0.2, -0.15) is 0 Å². The van der Waals surface area contributed by atoms with Gasteiger partial charge in [-0.1, -0.05) is 127 Å². The molecular weight excluding hydrogens is 619 g/mol. The minimum absolute atomic E-state index is 0.0496. The smallest absolute Gasteiger partial charge is 0.0596 e. The third kappa shape index (κ3) is 6.96. The molecule has 0 saturated heterocycles. The zero-order valence-corrected chi connectivity index (χ0v) is 28.3. The zero-order chi connectivity index (χ0) is 34.2. The molecule has 51 heavy (non-hydrogen) atoms. The Kier molecular flexibility index (Phi) is 9.25. The van der Waals surface area contributed by atoms with E-state index in [0.29, 0.717) is 0 Å². The van der Waals surface area contributed by atoms with Crippen molar-refractivity contribution >= 4 is 39.8 Å². The van der Waals surface area contributed by atoms with Gasteiger partial charge in [0, 0.05) is 51.9 Å². The van der Waals surface area contributed by atoms with Crippen molar-refractivity contribution in [3.8, 4) is 11.1 Å². The molecule has 1 aliphatic rings. The summed E-state index contributed by atoms with van der Waals surface area (Å²) < 4.78 is 0. The monoisotopic (exact) mass is 656 g/mol. The van der Waals surface area contributed by atoms with Crippen LogP contribution in [0, 0.1) is 6.42 Å². The standard InChI is InChI=1S/C48H38N3/c1-6-16-38(17-7-1)39-26-28-44(29-27-39)51(47-34-30-45(31-35-47)49(40-18-8-2-9-19-40)41-20-10-3-11-21-41)48-36-32-46(33-37-48)50(42-22-12-4-13-23-42)43-24-14-5-15-25-43/h1-37,45H. The van der Waals surface area contributed by atoms with Crippen LogP contribution in [0.4, 0.5) is 39.8 Å². The topological polar surface area (TPSA) is 9.72 Å². The maximum Gasteiger partial charge on any atom is 0.0596 e. The lowest BCUT2D eigenvalue weighted by atomic mass is 10.0. The molecule has 0 fully saturated rings. The van der Waals surface area contributed by atoms with Gasteiger partial charge in [0.25, 0.3) is 0 Å². The van der Waals surface area contributed by atoms with Gasteiger partial charge in [-0.15, -0.1) is 0 Å². The second-order valence-corrected chi connectivity index (χ2v) is 12.4. The van der Waals surface area contributed by atoms with Crippen molar-refractivity contribution in [2.24, 2.45) is 0 Å². The second kappa shape index (κ2) is 14.9. The van der Waals surface area contributed by atoms with Crippen LogP contribution in [-0.2, 0) is 0 Å². The summed E-state index contributed by atoms with van der Waals surface area (Å²) in [6.07, 6.45) is 9.09. The highest BCUT2D eigenvalue weighted by Crippen LogP contribution is 2.39. The van der Waals surface area contributed by atoms with Gasteiger partial charge in [0.1, 0.15) is 0 Å².